The van der Waals surface area contributed by atoms with E-state index < -0.39 is 23.2 Å². The van der Waals surface area contributed by atoms with Crippen LogP contribution in [0.25, 0.3) is 6.08 Å². The zero-order chi connectivity index (χ0) is 17.1. The summed E-state index contributed by atoms with van der Waals surface area (Å²) in [5, 5.41) is -0.468. The first-order valence-electron chi connectivity index (χ1n) is 6.97. The first kappa shape index (κ1) is 17.1. The Morgan fingerprint density at radius 3 is 2.39 bits per heavy atom. The van der Waals surface area contributed by atoms with Crippen LogP contribution in [0.3, 0.4) is 0 Å². The molecule has 7 heteroatoms. The van der Waals surface area contributed by atoms with Gasteiger partial charge in [-0.1, -0.05) is 12.1 Å². The normalized spacial score (nSPS) is 17.6. The fourth-order valence-corrected chi connectivity index (χ4v) is 3.02. The maximum absolute atomic E-state index is 12.4. The van der Waals surface area contributed by atoms with E-state index in [9.17, 15) is 14.4 Å². The SMILES string of the molecule is COC(=O)[C@@H](C)N1C(=O)S/C(=C/c2ccc(N(C)C)cc2)C1=O. The van der Waals surface area contributed by atoms with Crippen molar-refractivity contribution in [1.29, 1.82) is 0 Å². The summed E-state index contributed by atoms with van der Waals surface area (Å²) in [5.41, 5.74) is 1.85. The summed E-state index contributed by atoms with van der Waals surface area (Å²) in [6, 6.07) is 6.65. The molecule has 1 heterocycles. The van der Waals surface area contributed by atoms with Crippen molar-refractivity contribution in [2.24, 2.45) is 0 Å². The molecular formula is C16H18N2O4S. The Morgan fingerprint density at radius 2 is 1.87 bits per heavy atom. The van der Waals surface area contributed by atoms with E-state index in [-0.39, 0.29) is 0 Å². The molecule has 0 unspecified atom stereocenters. The van der Waals surface area contributed by atoms with Gasteiger partial charge in [0, 0.05) is 19.8 Å². The van der Waals surface area contributed by atoms with Gasteiger partial charge in [-0.3, -0.25) is 14.5 Å². The lowest BCUT2D eigenvalue weighted by Gasteiger charge is -2.18. The van der Waals surface area contributed by atoms with Gasteiger partial charge >= 0.3 is 5.97 Å². The van der Waals surface area contributed by atoms with Gasteiger partial charge in [-0.15, -0.1) is 0 Å². The molecule has 1 aromatic carbocycles. The molecule has 2 amide bonds. The second-order valence-electron chi connectivity index (χ2n) is 5.24. The maximum Gasteiger partial charge on any atom is 0.328 e. The molecule has 0 aromatic heterocycles. The molecule has 0 saturated carbocycles. The second kappa shape index (κ2) is 6.87. The van der Waals surface area contributed by atoms with Gasteiger partial charge in [-0.05, 0) is 42.5 Å². The molecule has 1 atom stereocenters. The summed E-state index contributed by atoms with van der Waals surface area (Å²) in [6.07, 6.45) is 1.65. The minimum absolute atomic E-state index is 0.295. The minimum atomic E-state index is -0.936. The first-order valence-corrected chi connectivity index (χ1v) is 7.79. The lowest BCUT2D eigenvalue weighted by atomic mass is 10.2. The fraction of sp³-hybridized carbons (Fsp3) is 0.312. The molecule has 1 aromatic rings. The third-order valence-electron chi connectivity index (χ3n) is 3.46. The highest BCUT2D eigenvalue weighted by atomic mass is 32.2. The van der Waals surface area contributed by atoms with Crippen LogP contribution in [0.2, 0.25) is 0 Å². The van der Waals surface area contributed by atoms with Crippen molar-refractivity contribution in [2.45, 2.75) is 13.0 Å². The molecule has 1 aliphatic rings. The van der Waals surface area contributed by atoms with E-state index in [1.54, 1.807) is 6.08 Å². The number of amides is 2. The summed E-state index contributed by atoms with van der Waals surface area (Å²) in [5.74, 6) is -1.10. The van der Waals surface area contributed by atoms with Crippen molar-refractivity contribution >= 4 is 40.6 Å². The Labute approximate surface area is 139 Å². The molecule has 1 aliphatic heterocycles. The van der Waals surface area contributed by atoms with Crippen LogP contribution >= 0.6 is 11.8 Å². The summed E-state index contributed by atoms with van der Waals surface area (Å²) < 4.78 is 4.59. The van der Waals surface area contributed by atoms with Crippen molar-refractivity contribution < 1.29 is 19.1 Å². The van der Waals surface area contributed by atoms with Gasteiger partial charge in [0.15, 0.2) is 0 Å². The fourth-order valence-electron chi connectivity index (χ4n) is 2.11. The summed E-state index contributed by atoms with van der Waals surface area (Å²) in [6.45, 7) is 1.47. The van der Waals surface area contributed by atoms with Crippen LogP contribution in [-0.4, -0.2) is 49.3 Å². The van der Waals surface area contributed by atoms with Crippen LogP contribution < -0.4 is 4.90 Å². The van der Waals surface area contributed by atoms with E-state index in [1.165, 1.54) is 14.0 Å². The van der Waals surface area contributed by atoms with E-state index in [1.807, 2.05) is 43.3 Å². The van der Waals surface area contributed by atoms with Gasteiger partial charge in [0.05, 0.1) is 12.0 Å². The van der Waals surface area contributed by atoms with Gasteiger partial charge in [-0.2, -0.15) is 0 Å². The predicted molar refractivity (Wildman–Crippen MR) is 90.1 cm³/mol. The minimum Gasteiger partial charge on any atom is -0.467 e. The Kier molecular flexibility index (Phi) is 5.10. The number of ether oxygens (including phenoxy) is 1. The zero-order valence-electron chi connectivity index (χ0n) is 13.4. The Morgan fingerprint density at radius 1 is 1.26 bits per heavy atom. The van der Waals surface area contributed by atoms with Crippen molar-refractivity contribution in [3.05, 3.63) is 34.7 Å². The number of anilines is 1. The van der Waals surface area contributed by atoms with Crippen LogP contribution in [0.15, 0.2) is 29.2 Å². The number of rotatable bonds is 4. The summed E-state index contributed by atoms with van der Waals surface area (Å²) >= 11 is 0.824. The van der Waals surface area contributed by atoms with Crippen LogP contribution in [-0.2, 0) is 14.3 Å². The maximum atomic E-state index is 12.4. The average molecular weight is 334 g/mol. The molecule has 0 N–H and O–H groups in total. The molecule has 0 aliphatic carbocycles. The van der Waals surface area contributed by atoms with Crippen LogP contribution in [0.5, 0.6) is 0 Å². The van der Waals surface area contributed by atoms with E-state index in [0.717, 1.165) is 27.9 Å². The lowest BCUT2D eigenvalue weighted by Crippen LogP contribution is -2.42. The third kappa shape index (κ3) is 3.56. The van der Waals surface area contributed by atoms with Crippen molar-refractivity contribution in [2.75, 3.05) is 26.1 Å². The number of carbonyl (C=O) groups excluding carboxylic acids is 3. The number of nitrogens with zero attached hydrogens (tertiary/aromatic N) is 2. The molecule has 0 bridgehead atoms. The lowest BCUT2D eigenvalue weighted by molar-refractivity contribution is -0.148. The molecule has 1 saturated heterocycles. The molecular weight excluding hydrogens is 316 g/mol. The highest BCUT2D eigenvalue weighted by Gasteiger charge is 2.41. The van der Waals surface area contributed by atoms with E-state index >= 15 is 0 Å². The van der Waals surface area contributed by atoms with Crippen LogP contribution in [0, 0.1) is 0 Å². The van der Waals surface area contributed by atoms with Gasteiger partial charge < -0.3 is 9.64 Å². The topological polar surface area (TPSA) is 66.9 Å². The van der Waals surface area contributed by atoms with E-state index in [4.69, 9.17) is 0 Å². The number of imide groups is 1. The first-order chi connectivity index (χ1) is 10.8. The number of benzene rings is 1. The molecule has 0 spiro atoms. The smallest absolute Gasteiger partial charge is 0.328 e. The van der Waals surface area contributed by atoms with E-state index in [2.05, 4.69) is 4.74 Å². The van der Waals surface area contributed by atoms with Gasteiger partial charge in [0.25, 0.3) is 11.1 Å². The second-order valence-corrected chi connectivity index (χ2v) is 6.23. The van der Waals surface area contributed by atoms with Gasteiger partial charge in [0.1, 0.15) is 6.04 Å². The Bertz CT molecular complexity index is 667. The zero-order valence-corrected chi connectivity index (χ0v) is 14.2. The largest absolute Gasteiger partial charge is 0.467 e. The summed E-state index contributed by atoms with van der Waals surface area (Å²) in [7, 11) is 5.10. The van der Waals surface area contributed by atoms with Crippen molar-refractivity contribution in [3.63, 3.8) is 0 Å². The highest BCUT2D eigenvalue weighted by molar-refractivity contribution is 8.18. The standard InChI is InChI=1S/C16H18N2O4S/c1-10(15(20)22-4)18-14(19)13(23-16(18)21)9-11-5-7-12(8-6-11)17(2)3/h5-10H,1-4H3/b13-9+/t10-/m1/s1. The van der Waals surface area contributed by atoms with Crippen LogP contribution in [0.1, 0.15) is 12.5 Å². The Balaban J connectivity index is 2.23. The number of esters is 1. The number of methoxy groups -OCH3 is 1. The predicted octanol–water partition coefficient (Wildman–Crippen LogP) is 2.35. The van der Waals surface area contributed by atoms with Gasteiger partial charge in [0.2, 0.25) is 0 Å². The molecule has 122 valence electrons. The quantitative estimate of drug-likeness (QED) is 0.622. The Hall–Kier alpha value is -2.28. The average Bonchev–Trinajstić information content (AvgIpc) is 2.80. The number of thioether (sulfide) groups is 1. The molecule has 6 nitrogen and oxygen atoms in total. The molecule has 0 radical (unpaired) electrons. The van der Waals surface area contributed by atoms with Crippen LogP contribution in [0.4, 0.5) is 10.5 Å². The monoisotopic (exact) mass is 334 g/mol. The van der Waals surface area contributed by atoms with Crippen molar-refractivity contribution in [3.8, 4) is 0 Å². The third-order valence-corrected chi connectivity index (χ3v) is 4.34. The number of hydrogen-bond acceptors (Lipinski definition) is 6. The molecule has 2 rings (SSSR count). The molecule has 23 heavy (non-hydrogen) atoms. The molecule has 1 fully saturated rings. The highest BCUT2D eigenvalue weighted by Crippen LogP contribution is 2.33. The van der Waals surface area contributed by atoms with E-state index in [0.29, 0.717) is 4.91 Å². The summed E-state index contributed by atoms with van der Waals surface area (Å²) in [4.78, 5) is 39.1. The number of hydrogen-bond donors (Lipinski definition) is 0. The van der Waals surface area contributed by atoms with Crippen molar-refractivity contribution in [1.82, 2.24) is 4.90 Å². The number of carbonyl (C=O) groups is 3. The van der Waals surface area contributed by atoms with Gasteiger partial charge in [-0.25, -0.2) is 4.79 Å².